The van der Waals surface area contributed by atoms with Crippen LogP contribution in [0.3, 0.4) is 0 Å². The molecule has 0 bridgehead atoms. The molecule has 0 aliphatic carbocycles. The van der Waals surface area contributed by atoms with E-state index in [1.807, 2.05) is 30.7 Å². The quantitative estimate of drug-likeness (QED) is 0.825. The van der Waals surface area contributed by atoms with Crippen molar-refractivity contribution in [2.24, 2.45) is 0 Å². The van der Waals surface area contributed by atoms with E-state index in [4.69, 9.17) is 0 Å². The summed E-state index contributed by atoms with van der Waals surface area (Å²) in [5.41, 5.74) is 1.16. The standard InChI is InChI=1S/C15H20N2OS2/c1-11(14(10-18)19-2)16-8-13-9-17-15(20-13)12-6-4-3-5-7-12/h3-7,9,11,14,16,18H,8,10H2,1-2H3. The maximum absolute atomic E-state index is 9.28. The lowest BCUT2D eigenvalue weighted by atomic mass is 10.2. The van der Waals surface area contributed by atoms with E-state index < -0.39 is 0 Å². The lowest BCUT2D eigenvalue weighted by molar-refractivity contribution is 0.276. The van der Waals surface area contributed by atoms with Crippen molar-refractivity contribution < 1.29 is 5.11 Å². The van der Waals surface area contributed by atoms with Crippen molar-refractivity contribution in [2.75, 3.05) is 12.9 Å². The molecule has 3 nitrogen and oxygen atoms in total. The Hall–Kier alpha value is -0.880. The van der Waals surface area contributed by atoms with Crippen LogP contribution in [0.25, 0.3) is 10.6 Å². The molecule has 0 saturated carbocycles. The van der Waals surface area contributed by atoms with Gasteiger partial charge in [-0.25, -0.2) is 4.98 Å². The third-order valence-electron chi connectivity index (χ3n) is 3.21. The number of thiazole rings is 1. The molecule has 0 aliphatic rings. The molecule has 0 fully saturated rings. The molecule has 0 saturated heterocycles. The maximum atomic E-state index is 9.28. The fraction of sp³-hybridized carbons (Fsp3) is 0.400. The molecule has 2 N–H and O–H groups in total. The van der Waals surface area contributed by atoms with Gasteiger partial charge in [-0.3, -0.25) is 0 Å². The van der Waals surface area contributed by atoms with Gasteiger partial charge in [0.1, 0.15) is 5.01 Å². The van der Waals surface area contributed by atoms with Gasteiger partial charge in [0.05, 0.1) is 6.61 Å². The van der Waals surface area contributed by atoms with E-state index in [-0.39, 0.29) is 17.9 Å². The van der Waals surface area contributed by atoms with Crippen LogP contribution in [0.1, 0.15) is 11.8 Å². The number of hydrogen-bond donors (Lipinski definition) is 2. The Morgan fingerprint density at radius 1 is 1.35 bits per heavy atom. The van der Waals surface area contributed by atoms with E-state index >= 15 is 0 Å². The van der Waals surface area contributed by atoms with Gasteiger partial charge in [0.15, 0.2) is 0 Å². The molecule has 0 aliphatic heterocycles. The van der Waals surface area contributed by atoms with E-state index in [0.717, 1.165) is 17.1 Å². The highest BCUT2D eigenvalue weighted by molar-refractivity contribution is 7.99. The maximum Gasteiger partial charge on any atom is 0.123 e. The number of rotatable bonds is 7. The molecule has 2 atom stereocenters. The highest BCUT2D eigenvalue weighted by Crippen LogP contribution is 2.24. The van der Waals surface area contributed by atoms with Crippen LogP contribution in [-0.2, 0) is 6.54 Å². The van der Waals surface area contributed by atoms with Gasteiger partial charge in [-0.2, -0.15) is 11.8 Å². The number of thioether (sulfide) groups is 1. The normalized spacial score (nSPS) is 14.2. The van der Waals surface area contributed by atoms with Crippen LogP contribution in [0.2, 0.25) is 0 Å². The zero-order chi connectivity index (χ0) is 14.4. The Morgan fingerprint density at radius 3 is 2.75 bits per heavy atom. The molecule has 2 unspecified atom stereocenters. The van der Waals surface area contributed by atoms with Crippen molar-refractivity contribution in [3.8, 4) is 10.6 Å². The molecular formula is C15H20N2OS2. The first kappa shape index (κ1) is 15.5. The predicted molar refractivity (Wildman–Crippen MR) is 88.2 cm³/mol. The molecule has 0 spiro atoms. The van der Waals surface area contributed by atoms with Gasteiger partial charge in [0.2, 0.25) is 0 Å². The summed E-state index contributed by atoms with van der Waals surface area (Å²) in [6.45, 7) is 3.10. The third-order valence-corrected chi connectivity index (χ3v) is 5.42. The Labute approximate surface area is 128 Å². The minimum absolute atomic E-state index is 0.202. The van der Waals surface area contributed by atoms with E-state index in [2.05, 4.69) is 29.4 Å². The summed E-state index contributed by atoms with van der Waals surface area (Å²) in [5, 5.41) is 14.0. The highest BCUT2D eigenvalue weighted by atomic mass is 32.2. The Balaban J connectivity index is 1.94. The molecule has 0 amide bonds. The SMILES string of the molecule is CSC(CO)C(C)NCc1cnc(-c2ccccc2)s1. The minimum atomic E-state index is 0.202. The van der Waals surface area contributed by atoms with Crippen LogP contribution in [0.15, 0.2) is 36.5 Å². The van der Waals surface area contributed by atoms with Crippen molar-refractivity contribution in [3.05, 3.63) is 41.4 Å². The summed E-state index contributed by atoms with van der Waals surface area (Å²) in [4.78, 5) is 5.69. The number of aliphatic hydroxyl groups excluding tert-OH is 1. The average molecular weight is 308 g/mol. The van der Waals surface area contributed by atoms with Crippen LogP contribution in [-0.4, -0.2) is 34.2 Å². The van der Waals surface area contributed by atoms with Gasteiger partial charge < -0.3 is 10.4 Å². The molecule has 1 heterocycles. The first-order chi connectivity index (χ1) is 9.74. The van der Waals surface area contributed by atoms with E-state index in [9.17, 15) is 5.11 Å². The number of benzene rings is 1. The van der Waals surface area contributed by atoms with Crippen LogP contribution >= 0.6 is 23.1 Å². The molecule has 1 aromatic heterocycles. The van der Waals surface area contributed by atoms with Gasteiger partial charge in [-0.15, -0.1) is 11.3 Å². The summed E-state index contributed by atoms with van der Waals surface area (Å²) >= 11 is 3.40. The number of hydrogen-bond acceptors (Lipinski definition) is 5. The van der Waals surface area contributed by atoms with Crippen molar-refractivity contribution in [1.29, 1.82) is 0 Å². The summed E-state index contributed by atoms with van der Waals surface area (Å²) in [5.74, 6) is 0. The summed E-state index contributed by atoms with van der Waals surface area (Å²) < 4.78 is 0. The second-order valence-electron chi connectivity index (χ2n) is 4.62. The van der Waals surface area contributed by atoms with E-state index in [1.165, 1.54) is 4.88 Å². The van der Waals surface area contributed by atoms with E-state index in [0.29, 0.717) is 0 Å². The van der Waals surface area contributed by atoms with Crippen LogP contribution in [0.5, 0.6) is 0 Å². The fourth-order valence-corrected chi connectivity index (χ4v) is 3.46. The summed E-state index contributed by atoms with van der Waals surface area (Å²) in [6, 6.07) is 10.5. The van der Waals surface area contributed by atoms with Crippen LogP contribution in [0.4, 0.5) is 0 Å². The number of aliphatic hydroxyl groups is 1. The Morgan fingerprint density at radius 2 is 2.10 bits per heavy atom. The van der Waals surface area contributed by atoms with Gasteiger partial charge in [-0.05, 0) is 13.2 Å². The molecule has 0 radical (unpaired) electrons. The predicted octanol–water partition coefficient (Wildman–Crippen LogP) is 3.01. The largest absolute Gasteiger partial charge is 0.395 e. The first-order valence-electron chi connectivity index (χ1n) is 6.61. The number of nitrogens with zero attached hydrogens (tertiary/aromatic N) is 1. The highest BCUT2D eigenvalue weighted by Gasteiger charge is 2.14. The van der Waals surface area contributed by atoms with Crippen molar-refractivity contribution in [2.45, 2.75) is 24.8 Å². The van der Waals surface area contributed by atoms with Crippen molar-refractivity contribution in [3.63, 3.8) is 0 Å². The molecular weight excluding hydrogens is 288 g/mol. The van der Waals surface area contributed by atoms with Crippen molar-refractivity contribution >= 4 is 23.1 Å². The second kappa shape index (κ2) is 7.78. The molecule has 2 aromatic rings. The zero-order valence-electron chi connectivity index (χ0n) is 11.7. The fourth-order valence-electron chi connectivity index (χ4n) is 1.93. The van der Waals surface area contributed by atoms with Crippen molar-refractivity contribution in [1.82, 2.24) is 10.3 Å². The number of aromatic nitrogens is 1. The third kappa shape index (κ3) is 4.06. The van der Waals surface area contributed by atoms with E-state index in [1.54, 1.807) is 23.1 Å². The minimum Gasteiger partial charge on any atom is -0.395 e. The first-order valence-corrected chi connectivity index (χ1v) is 8.72. The second-order valence-corrected chi connectivity index (χ2v) is 6.82. The van der Waals surface area contributed by atoms with Crippen LogP contribution in [0, 0.1) is 0 Å². The molecule has 5 heteroatoms. The average Bonchev–Trinajstić information content (AvgIpc) is 2.96. The lowest BCUT2D eigenvalue weighted by Gasteiger charge is -2.20. The van der Waals surface area contributed by atoms with Gasteiger partial charge >= 0.3 is 0 Å². The Bertz CT molecular complexity index is 512. The topological polar surface area (TPSA) is 45.1 Å². The molecule has 108 valence electrons. The van der Waals surface area contributed by atoms with Gasteiger partial charge in [-0.1, -0.05) is 30.3 Å². The number of nitrogens with one attached hydrogen (secondary N) is 1. The molecule has 1 aromatic carbocycles. The smallest absolute Gasteiger partial charge is 0.123 e. The molecule has 2 rings (SSSR count). The van der Waals surface area contributed by atoms with Gasteiger partial charge in [0.25, 0.3) is 0 Å². The summed E-state index contributed by atoms with van der Waals surface area (Å²) in [6.07, 6.45) is 3.96. The van der Waals surface area contributed by atoms with Crippen LogP contribution < -0.4 is 5.32 Å². The monoisotopic (exact) mass is 308 g/mol. The zero-order valence-corrected chi connectivity index (χ0v) is 13.4. The lowest BCUT2D eigenvalue weighted by Crippen LogP contribution is -2.36. The van der Waals surface area contributed by atoms with Gasteiger partial charge in [0, 0.05) is 34.5 Å². The summed E-state index contributed by atoms with van der Waals surface area (Å²) in [7, 11) is 0. The molecule has 20 heavy (non-hydrogen) atoms. The Kier molecular flexibility index (Phi) is 6.04.